The monoisotopic (exact) mass is 282 g/mol. The predicted octanol–water partition coefficient (Wildman–Crippen LogP) is 4.77. The van der Waals surface area contributed by atoms with Gasteiger partial charge >= 0.3 is 0 Å². The van der Waals surface area contributed by atoms with Gasteiger partial charge in [-0.15, -0.1) is 0 Å². The first-order valence-electron chi connectivity index (χ1n) is 7.19. The molecule has 0 aliphatic heterocycles. The van der Waals surface area contributed by atoms with Crippen LogP contribution in [0, 0.1) is 0 Å². The Labute approximate surface area is 126 Å². The fourth-order valence-corrected chi connectivity index (χ4v) is 2.10. The molecule has 0 amide bonds. The molecule has 2 aromatic rings. The van der Waals surface area contributed by atoms with Crippen molar-refractivity contribution >= 4 is 5.78 Å². The molecular formula is C19H22O2. The zero-order valence-corrected chi connectivity index (χ0v) is 13.1. The highest BCUT2D eigenvalue weighted by atomic mass is 16.5. The van der Waals surface area contributed by atoms with Gasteiger partial charge in [-0.2, -0.15) is 0 Å². The molecule has 0 N–H and O–H groups in total. The second-order valence-electron chi connectivity index (χ2n) is 6.32. The molecule has 0 fully saturated rings. The van der Waals surface area contributed by atoms with E-state index in [-0.39, 0.29) is 11.2 Å². The van der Waals surface area contributed by atoms with Crippen LogP contribution in [0.3, 0.4) is 0 Å². The van der Waals surface area contributed by atoms with E-state index in [9.17, 15) is 4.79 Å². The minimum absolute atomic E-state index is 0.0754. The molecule has 0 aliphatic rings. The number of hydrogen-bond acceptors (Lipinski definition) is 2. The lowest BCUT2D eigenvalue weighted by Crippen LogP contribution is -2.10. The van der Waals surface area contributed by atoms with E-state index in [4.69, 9.17) is 4.74 Å². The summed E-state index contributed by atoms with van der Waals surface area (Å²) in [5.41, 5.74) is 3.16. The van der Waals surface area contributed by atoms with Gasteiger partial charge in [0.15, 0.2) is 5.78 Å². The molecule has 0 aromatic heterocycles. The van der Waals surface area contributed by atoms with Gasteiger partial charge in [-0.3, -0.25) is 4.79 Å². The molecule has 0 atom stereocenters. The molecule has 0 saturated carbocycles. The van der Waals surface area contributed by atoms with E-state index in [1.165, 1.54) is 5.56 Å². The van der Waals surface area contributed by atoms with Crippen molar-refractivity contribution in [1.82, 2.24) is 0 Å². The van der Waals surface area contributed by atoms with Crippen LogP contribution < -0.4 is 4.74 Å². The van der Waals surface area contributed by atoms with E-state index in [0.717, 1.165) is 16.9 Å². The predicted molar refractivity (Wildman–Crippen MR) is 85.9 cm³/mol. The topological polar surface area (TPSA) is 26.3 Å². The molecule has 2 rings (SSSR count). The lowest BCUT2D eigenvalue weighted by Gasteiger charge is -2.19. The molecule has 2 aromatic carbocycles. The minimum atomic E-state index is 0.0754. The van der Waals surface area contributed by atoms with Gasteiger partial charge in [0.1, 0.15) is 12.4 Å². The lowest BCUT2D eigenvalue weighted by molar-refractivity contribution is 0.101. The standard InChI is InChI=1S/C19H22O2/c1-14(20)16-7-5-6-15(12-16)13-21-18-10-8-17(9-11-18)19(2,3)4/h5-12H,13H2,1-4H3. The van der Waals surface area contributed by atoms with Crippen LogP contribution in [0.25, 0.3) is 0 Å². The van der Waals surface area contributed by atoms with E-state index < -0.39 is 0 Å². The first-order chi connectivity index (χ1) is 9.86. The number of hydrogen-bond donors (Lipinski definition) is 0. The maximum atomic E-state index is 11.4. The van der Waals surface area contributed by atoms with E-state index in [1.807, 2.05) is 36.4 Å². The van der Waals surface area contributed by atoms with Crippen molar-refractivity contribution < 1.29 is 9.53 Å². The van der Waals surface area contributed by atoms with E-state index >= 15 is 0 Å². The fraction of sp³-hybridized carbons (Fsp3) is 0.316. The second kappa shape index (κ2) is 6.13. The summed E-state index contributed by atoms with van der Waals surface area (Å²) >= 11 is 0. The van der Waals surface area contributed by atoms with Crippen LogP contribution in [0.2, 0.25) is 0 Å². The first-order valence-corrected chi connectivity index (χ1v) is 7.19. The second-order valence-corrected chi connectivity index (χ2v) is 6.32. The van der Waals surface area contributed by atoms with Crippen LogP contribution in [0.4, 0.5) is 0 Å². The van der Waals surface area contributed by atoms with Crippen LogP contribution in [-0.4, -0.2) is 5.78 Å². The SMILES string of the molecule is CC(=O)c1cccc(COc2ccc(C(C)(C)C)cc2)c1. The van der Waals surface area contributed by atoms with Crippen molar-refractivity contribution in [2.45, 2.75) is 39.7 Å². The molecule has 21 heavy (non-hydrogen) atoms. The summed E-state index contributed by atoms with van der Waals surface area (Å²) in [5, 5.41) is 0. The normalized spacial score (nSPS) is 11.2. The van der Waals surface area contributed by atoms with Gasteiger partial charge in [0.05, 0.1) is 0 Å². The smallest absolute Gasteiger partial charge is 0.159 e. The first kappa shape index (κ1) is 15.3. The fourth-order valence-electron chi connectivity index (χ4n) is 2.10. The van der Waals surface area contributed by atoms with Gasteiger partial charge in [-0.05, 0) is 41.7 Å². The molecule has 0 bridgehead atoms. The van der Waals surface area contributed by atoms with Gasteiger partial charge in [0.25, 0.3) is 0 Å². The molecule has 0 saturated heterocycles. The average Bonchev–Trinajstić information content (AvgIpc) is 2.45. The average molecular weight is 282 g/mol. The number of carbonyl (C=O) groups is 1. The summed E-state index contributed by atoms with van der Waals surface area (Å²) < 4.78 is 5.78. The van der Waals surface area contributed by atoms with E-state index in [2.05, 4.69) is 32.9 Å². The summed E-state index contributed by atoms with van der Waals surface area (Å²) in [4.78, 5) is 11.4. The Morgan fingerprint density at radius 3 is 2.29 bits per heavy atom. The summed E-state index contributed by atoms with van der Waals surface area (Å²) in [6.07, 6.45) is 0. The zero-order valence-electron chi connectivity index (χ0n) is 13.1. The van der Waals surface area contributed by atoms with Gasteiger partial charge in [-0.25, -0.2) is 0 Å². The maximum Gasteiger partial charge on any atom is 0.159 e. The third-order valence-electron chi connectivity index (χ3n) is 3.46. The van der Waals surface area contributed by atoms with Crippen molar-refractivity contribution in [3.63, 3.8) is 0 Å². The van der Waals surface area contributed by atoms with Crippen LogP contribution in [0.1, 0.15) is 49.2 Å². The Balaban J connectivity index is 2.03. The summed E-state index contributed by atoms with van der Waals surface area (Å²) in [6.45, 7) is 8.61. The molecule has 2 nitrogen and oxygen atoms in total. The van der Waals surface area contributed by atoms with Gasteiger partial charge < -0.3 is 4.74 Å². The molecule has 0 radical (unpaired) electrons. The van der Waals surface area contributed by atoms with Crippen LogP contribution in [-0.2, 0) is 12.0 Å². The summed E-state index contributed by atoms with van der Waals surface area (Å²) in [7, 11) is 0. The molecule has 2 heteroatoms. The molecular weight excluding hydrogens is 260 g/mol. The number of rotatable bonds is 4. The Morgan fingerprint density at radius 2 is 1.71 bits per heavy atom. The zero-order chi connectivity index (χ0) is 15.5. The van der Waals surface area contributed by atoms with Crippen molar-refractivity contribution in [3.8, 4) is 5.75 Å². The van der Waals surface area contributed by atoms with Gasteiger partial charge in [-0.1, -0.05) is 51.1 Å². The Morgan fingerprint density at radius 1 is 1.05 bits per heavy atom. The number of ketones is 1. The molecule has 0 aliphatic carbocycles. The lowest BCUT2D eigenvalue weighted by atomic mass is 9.87. The van der Waals surface area contributed by atoms with Crippen LogP contribution in [0.5, 0.6) is 5.75 Å². The van der Waals surface area contributed by atoms with Crippen molar-refractivity contribution in [1.29, 1.82) is 0 Å². The van der Waals surface area contributed by atoms with E-state index in [1.54, 1.807) is 6.92 Å². The molecule has 110 valence electrons. The minimum Gasteiger partial charge on any atom is -0.489 e. The Hall–Kier alpha value is -2.09. The van der Waals surface area contributed by atoms with Gasteiger partial charge in [0, 0.05) is 5.56 Å². The third-order valence-corrected chi connectivity index (χ3v) is 3.46. The quantitative estimate of drug-likeness (QED) is 0.755. The third kappa shape index (κ3) is 4.19. The largest absolute Gasteiger partial charge is 0.489 e. The van der Waals surface area contributed by atoms with Crippen LogP contribution in [0.15, 0.2) is 48.5 Å². The highest BCUT2D eigenvalue weighted by Crippen LogP contribution is 2.24. The number of benzene rings is 2. The van der Waals surface area contributed by atoms with Crippen LogP contribution >= 0.6 is 0 Å². The summed E-state index contributed by atoms with van der Waals surface area (Å²) in [5.74, 6) is 0.919. The molecule has 0 spiro atoms. The summed E-state index contributed by atoms with van der Waals surface area (Å²) in [6, 6.07) is 15.7. The molecule has 0 unspecified atom stereocenters. The highest BCUT2D eigenvalue weighted by Gasteiger charge is 2.12. The Kier molecular flexibility index (Phi) is 4.46. The van der Waals surface area contributed by atoms with Crippen molar-refractivity contribution in [2.24, 2.45) is 0 Å². The van der Waals surface area contributed by atoms with Gasteiger partial charge in [0.2, 0.25) is 0 Å². The van der Waals surface area contributed by atoms with E-state index in [0.29, 0.717) is 6.61 Å². The number of carbonyl (C=O) groups excluding carboxylic acids is 1. The highest BCUT2D eigenvalue weighted by molar-refractivity contribution is 5.94. The Bertz CT molecular complexity index is 619. The van der Waals surface area contributed by atoms with Crippen molar-refractivity contribution in [3.05, 3.63) is 65.2 Å². The number of Topliss-reactive ketones (excluding diaryl/α,β-unsaturated/α-hetero) is 1. The molecule has 0 heterocycles. The number of ether oxygens (including phenoxy) is 1. The maximum absolute atomic E-state index is 11.4. The van der Waals surface area contributed by atoms with Crippen molar-refractivity contribution in [2.75, 3.05) is 0 Å².